The second-order valence-corrected chi connectivity index (χ2v) is 13.5. The number of para-hydroxylation sites is 2. The molecule has 5 nitrogen and oxygen atoms in total. The van der Waals surface area contributed by atoms with E-state index in [0.29, 0.717) is 17.5 Å². The third-order valence-electron chi connectivity index (χ3n) is 10.6. The molecule has 2 atom stereocenters. The fraction of sp³-hybridized carbons (Fsp3) is 0.0426. The van der Waals surface area contributed by atoms with E-state index in [9.17, 15) is 0 Å². The van der Waals surface area contributed by atoms with E-state index in [1.54, 1.807) is 0 Å². The normalized spacial score (nSPS) is 16.3. The highest BCUT2D eigenvalue weighted by molar-refractivity contribution is 6.12. The van der Waals surface area contributed by atoms with Gasteiger partial charge >= 0.3 is 0 Å². The van der Waals surface area contributed by atoms with Crippen LogP contribution in [0.1, 0.15) is 17.3 Å². The van der Waals surface area contributed by atoms with E-state index in [1.807, 2.05) is 18.2 Å². The maximum atomic E-state index is 6.84. The Morgan fingerprint density at radius 1 is 0.519 bits per heavy atom. The Labute approximate surface area is 299 Å². The molecule has 11 rings (SSSR count). The summed E-state index contributed by atoms with van der Waals surface area (Å²) in [5, 5.41) is 7.11. The van der Waals surface area contributed by atoms with Crippen molar-refractivity contribution in [2.24, 2.45) is 0 Å². The van der Waals surface area contributed by atoms with E-state index < -0.39 is 0 Å². The molecule has 0 N–H and O–H groups in total. The van der Waals surface area contributed by atoms with Crippen LogP contribution in [0.25, 0.3) is 77.4 Å². The zero-order chi connectivity index (χ0) is 34.2. The van der Waals surface area contributed by atoms with E-state index in [-0.39, 0.29) is 12.0 Å². The maximum Gasteiger partial charge on any atom is 0.164 e. The van der Waals surface area contributed by atoms with E-state index in [1.165, 1.54) is 26.9 Å². The second-order valence-electron chi connectivity index (χ2n) is 13.5. The molecule has 0 saturated carbocycles. The lowest BCUT2D eigenvalue weighted by molar-refractivity contribution is 0.274. The molecule has 2 unspecified atom stereocenters. The molecule has 9 aromatic rings. The van der Waals surface area contributed by atoms with Gasteiger partial charge in [-0.25, -0.2) is 15.0 Å². The third kappa shape index (κ3) is 4.39. The predicted molar refractivity (Wildman–Crippen MR) is 211 cm³/mol. The molecule has 1 aliphatic carbocycles. The summed E-state index contributed by atoms with van der Waals surface area (Å²) in [7, 11) is 0. The van der Waals surface area contributed by atoms with Crippen molar-refractivity contribution >= 4 is 48.9 Å². The van der Waals surface area contributed by atoms with E-state index >= 15 is 0 Å². The molecule has 2 aliphatic rings. The van der Waals surface area contributed by atoms with Gasteiger partial charge in [0.25, 0.3) is 0 Å². The summed E-state index contributed by atoms with van der Waals surface area (Å²) in [6, 6.07) is 53.2. The number of aromatic nitrogens is 4. The van der Waals surface area contributed by atoms with Gasteiger partial charge in [0, 0.05) is 44.1 Å². The van der Waals surface area contributed by atoms with Crippen molar-refractivity contribution in [2.75, 3.05) is 0 Å². The zero-order valence-corrected chi connectivity index (χ0v) is 28.0. The number of nitrogens with zero attached hydrogens (tertiary/aromatic N) is 4. The molecular weight excluding hydrogens is 637 g/mol. The number of fused-ring (bicyclic) bond motifs is 10. The molecule has 1 aliphatic heterocycles. The average Bonchev–Trinajstić information content (AvgIpc) is 3.77. The van der Waals surface area contributed by atoms with Crippen LogP contribution in [0, 0.1) is 0 Å². The third-order valence-corrected chi connectivity index (χ3v) is 10.6. The summed E-state index contributed by atoms with van der Waals surface area (Å²) in [4.78, 5) is 15.6. The minimum absolute atomic E-state index is 0.0645. The first-order chi connectivity index (χ1) is 25.8. The Hall–Kier alpha value is -6.85. The van der Waals surface area contributed by atoms with Crippen molar-refractivity contribution in [3.05, 3.63) is 181 Å². The van der Waals surface area contributed by atoms with Gasteiger partial charge in [0.1, 0.15) is 11.9 Å². The molecule has 0 saturated heterocycles. The average molecular weight is 667 g/mol. The first-order valence-corrected chi connectivity index (χ1v) is 17.7. The van der Waals surface area contributed by atoms with Crippen molar-refractivity contribution < 1.29 is 4.74 Å². The molecule has 0 amide bonds. The van der Waals surface area contributed by atoms with Gasteiger partial charge in [0.15, 0.2) is 17.5 Å². The monoisotopic (exact) mass is 666 g/mol. The molecule has 52 heavy (non-hydrogen) atoms. The standard InChI is InChI=1S/C47H30N4O/c1-3-13-31(14-4-1)45-48-46(32-25-26-36-35-18-9-10-20-39(35)51(40(36)28-32)33-15-5-2-6-16-33)50-47(49-45)38-19-11-21-41-43(38)37-27-24-30-23-22-29-12-7-8-17-34(29)42(30)44(37)52-41/h1-28,41,43H. The Kier molecular flexibility index (Phi) is 6.31. The lowest BCUT2D eigenvalue weighted by atomic mass is 9.83. The van der Waals surface area contributed by atoms with Gasteiger partial charge in [-0.3, -0.25) is 0 Å². The topological polar surface area (TPSA) is 52.8 Å². The van der Waals surface area contributed by atoms with Crippen LogP contribution in [0.4, 0.5) is 0 Å². The Morgan fingerprint density at radius 3 is 2.06 bits per heavy atom. The van der Waals surface area contributed by atoms with Crippen LogP contribution in [0.3, 0.4) is 0 Å². The largest absolute Gasteiger partial charge is 0.484 e. The Bertz CT molecular complexity index is 2940. The van der Waals surface area contributed by atoms with Gasteiger partial charge < -0.3 is 9.30 Å². The SMILES string of the molecule is C1=CC2Oc3c(ccc4ccc5ccccc5c34)C2C(c2nc(-c3ccccc3)nc(-c3ccc4c5ccccc5n(-c5ccccc5)c4c3)n2)=C1. The number of ether oxygens (including phenoxy) is 1. The Balaban J connectivity index is 1.11. The summed E-state index contributed by atoms with van der Waals surface area (Å²) < 4.78 is 9.17. The van der Waals surface area contributed by atoms with Crippen LogP contribution < -0.4 is 4.74 Å². The molecule has 3 heterocycles. The fourth-order valence-electron chi connectivity index (χ4n) is 8.23. The number of hydrogen-bond donors (Lipinski definition) is 0. The zero-order valence-electron chi connectivity index (χ0n) is 28.0. The minimum atomic E-state index is -0.169. The summed E-state index contributed by atoms with van der Waals surface area (Å²) in [5.41, 5.74) is 7.41. The number of hydrogen-bond acceptors (Lipinski definition) is 4. The molecule has 5 heteroatoms. The van der Waals surface area contributed by atoms with Crippen molar-refractivity contribution in [3.63, 3.8) is 0 Å². The quantitative estimate of drug-likeness (QED) is 0.175. The van der Waals surface area contributed by atoms with Crippen molar-refractivity contribution in [1.82, 2.24) is 19.5 Å². The van der Waals surface area contributed by atoms with Gasteiger partial charge in [0.05, 0.1) is 17.0 Å². The van der Waals surface area contributed by atoms with Gasteiger partial charge in [-0.1, -0.05) is 140 Å². The molecule has 0 radical (unpaired) electrons. The van der Waals surface area contributed by atoms with Crippen LogP contribution >= 0.6 is 0 Å². The number of rotatable bonds is 4. The van der Waals surface area contributed by atoms with Gasteiger partial charge in [0.2, 0.25) is 0 Å². The molecule has 0 fully saturated rings. The first-order valence-electron chi connectivity index (χ1n) is 17.7. The molecule has 0 spiro atoms. The summed E-state index contributed by atoms with van der Waals surface area (Å²) in [6.45, 7) is 0. The summed E-state index contributed by atoms with van der Waals surface area (Å²) in [5.74, 6) is 2.80. The van der Waals surface area contributed by atoms with Crippen LogP contribution in [0.5, 0.6) is 5.75 Å². The van der Waals surface area contributed by atoms with Crippen molar-refractivity contribution in [2.45, 2.75) is 12.0 Å². The highest BCUT2D eigenvalue weighted by atomic mass is 16.5. The first kappa shape index (κ1) is 28.9. The minimum Gasteiger partial charge on any atom is -0.484 e. The number of allylic oxidation sites excluding steroid dienone is 2. The van der Waals surface area contributed by atoms with Crippen LogP contribution in [0.2, 0.25) is 0 Å². The number of benzene rings is 7. The predicted octanol–water partition coefficient (Wildman–Crippen LogP) is 11.1. The van der Waals surface area contributed by atoms with Gasteiger partial charge in [-0.2, -0.15) is 0 Å². The smallest absolute Gasteiger partial charge is 0.164 e. The summed E-state index contributed by atoms with van der Waals surface area (Å²) in [6.07, 6.45) is 6.22. The lowest BCUT2D eigenvalue weighted by Gasteiger charge is -2.22. The molecule has 2 aromatic heterocycles. The molecule has 244 valence electrons. The van der Waals surface area contributed by atoms with E-state index in [0.717, 1.165) is 50.1 Å². The van der Waals surface area contributed by atoms with Crippen LogP contribution in [-0.2, 0) is 0 Å². The fourth-order valence-corrected chi connectivity index (χ4v) is 8.23. The highest BCUT2D eigenvalue weighted by Crippen LogP contribution is 2.51. The molecule has 7 aromatic carbocycles. The van der Waals surface area contributed by atoms with E-state index in [4.69, 9.17) is 19.7 Å². The van der Waals surface area contributed by atoms with Gasteiger partial charge in [-0.05, 0) is 46.5 Å². The van der Waals surface area contributed by atoms with E-state index in [2.05, 4.69) is 156 Å². The lowest BCUT2D eigenvalue weighted by Crippen LogP contribution is -2.20. The molecule has 0 bridgehead atoms. The molecular formula is C47H30N4O. The van der Waals surface area contributed by atoms with Crippen molar-refractivity contribution in [1.29, 1.82) is 0 Å². The maximum absolute atomic E-state index is 6.84. The van der Waals surface area contributed by atoms with Crippen molar-refractivity contribution in [3.8, 4) is 34.2 Å². The highest BCUT2D eigenvalue weighted by Gasteiger charge is 2.39. The second kappa shape index (κ2) is 11.3. The van der Waals surface area contributed by atoms with Crippen LogP contribution in [0.15, 0.2) is 170 Å². The Morgan fingerprint density at radius 2 is 1.19 bits per heavy atom. The van der Waals surface area contributed by atoms with Gasteiger partial charge in [-0.15, -0.1) is 0 Å². The van der Waals surface area contributed by atoms with Crippen LogP contribution in [-0.4, -0.2) is 25.6 Å². The summed E-state index contributed by atoms with van der Waals surface area (Å²) >= 11 is 0.